The smallest absolute Gasteiger partial charge is 0.321 e. The lowest BCUT2D eigenvalue weighted by atomic mass is 10.2. The van der Waals surface area contributed by atoms with Crippen molar-refractivity contribution in [2.75, 3.05) is 12.3 Å². The highest BCUT2D eigenvalue weighted by molar-refractivity contribution is 7.99. The summed E-state index contributed by atoms with van der Waals surface area (Å²) in [6.45, 7) is 4.48. The highest BCUT2D eigenvalue weighted by atomic mass is 32.2. The molecule has 0 saturated carbocycles. The number of hydrogen-bond acceptors (Lipinski definition) is 5. The van der Waals surface area contributed by atoms with E-state index in [1.165, 1.54) is 0 Å². The molecule has 0 aliphatic rings. The van der Waals surface area contributed by atoms with Gasteiger partial charge in [0.15, 0.2) is 5.58 Å². The van der Waals surface area contributed by atoms with Crippen LogP contribution in [0.15, 0.2) is 33.9 Å². The van der Waals surface area contributed by atoms with Crippen LogP contribution in [0.5, 0.6) is 0 Å². The molecule has 0 unspecified atom stereocenters. The zero-order valence-corrected chi connectivity index (χ0v) is 12.7. The molecule has 0 radical (unpaired) electrons. The van der Waals surface area contributed by atoms with Gasteiger partial charge in [-0.05, 0) is 18.1 Å². The third kappa shape index (κ3) is 4.78. The van der Waals surface area contributed by atoms with Crippen LogP contribution in [-0.2, 0) is 4.79 Å². The van der Waals surface area contributed by atoms with Crippen molar-refractivity contribution >= 4 is 34.8 Å². The second-order valence-electron chi connectivity index (χ2n) is 4.89. The maximum absolute atomic E-state index is 11.6. The molecule has 2 rings (SSSR count). The standard InChI is InChI=1S/C14H17N3O3S/c1-9(2)7-15-13(19)17-12(18)8-21-14-16-10-5-3-4-6-11(10)20-14/h3-6,9H,7-8H2,1-2H3,(H2,15,17,18,19). The van der Waals surface area contributed by atoms with Gasteiger partial charge in [0.05, 0.1) is 5.75 Å². The molecular formula is C14H17N3O3S. The summed E-state index contributed by atoms with van der Waals surface area (Å²) in [5, 5.41) is 5.28. The maximum Gasteiger partial charge on any atom is 0.321 e. The number of fused-ring (bicyclic) bond motifs is 1. The van der Waals surface area contributed by atoms with E-state index in [2.05, 4.69) is 15.6 Å². The zero-order chi connectivity index (χ0) is 15.2. The first-order chi connectivity index (χ1) is 10.0. The Morgan fingerprint density at radius 1 is 1.33 bits per heavy atom. The van der Waals surface area contributed by atoms with Gasteiger partial charge in [0.2, 0.25) is 5.91 Å². The average molecular weight is 307 g/mol. The van der Waals surface area contributed by atoms with Gasteiger partial charge in [0.25, 0.3) is 5.22 Å². The number of carbonyl (C=O) groups excluding carboxylic acids is 2. The van der Waals surface area contributed by atoms with E-state index in [1.54, 1.807) is 0 Å². The van der Waals surface area contributed by atoms with Crippen molar-refractivity contribution in [2.24, 2.45) is 5.92 Å². The third-order valence-electron chi connectivity index (χ3n) is 2.52. The largest absolute Gasteiger partial charge is 0.431 e. The fourth-order valence-electron chi connectivity index (χ4n) is 1.54. The van der Waals surface area contributed by atoms with Crippen LogP contribution in [0, 0.1) is 5.92 Å². The van der Waals surface area contributed by atoms with Gasteiger partial charge in [-0.25, -0.2) is 9.78 Å². The van der Waals surface area contributed by atoms with Crippen LogP contribution in [0.25, 0.3) is 11.1 Å². The minimum absolute atomic E-state index is 0.0713. The monoisotopic (exact) mass is 307 g/mol. The Labute approximate surface area is 126 Å². The van der Waals surface area contributed by atoms with Gasteiger partial charge in [-0.1, -0.05) is 37.7 Å². The molecule has 0 atom stereocenters. The molecule has 21 heavy (non-hydrogen) atoms. The number of nitrogens with one attached hydrogen (secondary N) is 2. The molecule has 0 saturated heterocycles. The van der Waals surface area contributed by atoms with Gasteiger partial charge in [-0.3, -0.25) is 10.1 Å². The van der Waals surface area contributed by atoms with Gasteiger partial charge in [-0.2, -0.15) is 0 Å². The van der Waals surface area contributed by atoms with E-state index in [1.807, 2.05) is 38.1 Å². The van der Waals surface area contributed by atoms with Crippen LogP contribution in [-0.4, -0.2) is 29.2 Å². The molecule has 0 aliphatic carbocycles. The summed E-state index contributed by atoms with van der Waals surface area (Å²) >= 11 is 1.15. The molecule has 1 aromatic carbocycles. The van der Waals surface area contributed by atoms with E-state index in [-0.39, 0.29) is 11.7 Å². The van der Waals surface area contributed by atoms with Crippen LogP contribution < -0.4 is 10.6 Å². The molecule has 3 amide bonds. The zero-order valence-electron chi connectivity index (χ0n) is 11.9. The molecule has 6 nitrogen and oxygen atoms in total. The number of urea groups is 1. The second kappa shape index (κ2) is 7.12. The number of nitrogens with zero attached hydrogens (tertiary/aromatic N) is 1. The van der Waals surface area contributed by atoms with E-state index in [0.717, 1.165) is 17.3 Å². The van der Waals surface area contributed by atoms with Gasteiger partial charge < -0.3 is 9.73 Å². The Balaban J connectivity index is 1.79. The molecule has 0 bridgehead atoms. The average Bonchev–Trinajstić information content (AvgIpc) is 2.86. The lowest BCUT2D eigenvalue weighted by Gasteiger charge is -2.07. The fraction of sp³-hybridized carbons (Fsp3) is 0.357. The Kier molecular flexibility index (Phi) is 5.21. The topological polar surface area (TPSA) is 84.2 Å². The quantitative estimate of drug-likeness (QED) is 0.829. The molecular weight excluding hydrogens is 290 g/mol. The number of benzene rings is 1. The van der Waals surface area contributed by atoms with Crippen LogP contribution in [0.2, 0.25) is 0 Å². The summed E-state index contributed by atoms with van der Waals surface area (Å²) in [5.74, 6) is 0.0190. The number of amides is 3. The van der Waals surface area contributed by atoms with Gasteiger partial charge in [0.1, 0.15) is 5.52 Å². The first kappa shape index (κ1) is 15.4. The first-order valence-electron chi connectivity index (χ1n) is 6.60. The van der Waals surface area contributed by atoms with Crippen LogP contribution in [0.1, 0.15) is 13.8 Å². The minimum atomic E-state index is -0.480. The lowest BCUT2D eigenvalue weighted by molar-refractivity contribution is -0.117. The fourth-order valence-corrected chi connectivity index (χ4v) is 2.18. The summed E-state index contributed by atoms with van der Waals surface area (Å²) in [5.41, 5.74) is 1.42. The SMILES string of the molecule is CC(C)CNC(=O)NC(=O)CSc1nc2ccccc2o1. The maximum atomic E-state index is 11.6. The predicted octanol–water partition coefficient (Wildman–Crippen LogP) is 2.40. The predicted molar refractivity (Wildman–Crippen MR) is 81.1 cm³/mol. The third-order valence-corrected chi connectivity index (χ3v) is 3.35. The summed E-state index contributed by atoms with van der Waals surface area (Å²) in [7, 11) is 0. The normalized spacial score (nSPS) is 10.8. The number of thioether (sulfide) groups is 1. The van der Waals surface area contributed by atoms with E-state index >= 15 is 0 Å². The van der Waals surface area contributed by atoms with Crippen LogP contribution >= 0.6 is 11.8 Å². The van der Waals surface area contributed by atoms with Crippen molar-refractivity contribution in [3.63, 3.8) is 0 Å². The summed E-state index contributed by atoms with van der Waals surface area (Å²) < 4.78 is 5.47. The number of aromatic nitrogens is 1. The number of oxazole rings is 1. The second-order valence-corrected chi connectivity index (χ2v) is 5.81. The highest BCUT2D eigenvalue weighted by Crippen LogP contribution is 2.22. The summed E-state index contributed by atoms with van der Waals surface area (Å²) in [4.78, 5) is 27.3. The molecule has 1 aromatic heterocycles. The van der Waals surface area contributed by atoms with E-state index < -0.39 is 6.03 Å². The molecule has 0 spiro atoms. The number of hydrogen-bond donors (Lipinski definition) is 2. The van der Waals surface area contributed by atoms with Crippen molar-refractivity contribution in [2.45, 2.75) is 19.1 Å². The van der Waals surface area contributed by atoms with Crippen molar-refractivity contribution in [1.82, 2.24) is 15.6 Å². The first-order valence-corrected chi connectivity index (χ1v) is 7.59. The molecule has 0 aliphatic heterocycles. The highest BCUT2D eigenvalue weighted by Gasteiger charge is 2.11. The molecule has 2 N–H and O–H groups in total. The van der Waals surface area contributed by atoms with Crippen molar-refractivity contribution in [3.8, 4) is 0 Å². The lowest BCUT2D eigenvalue weighted by Crippen LogP contribution is -2.41. The molecule has 1 heterocycles. The van der Waals surface area contributed by atoms with Crippen molar-refractivity contribution < 1.29 is 14.0 Å². The Hall–Kier alpha value is -2.02. The Bertz CT molecular complexity index is 606. The molecule has 7 heteroatoms. The van der Waals surface area contributed by atoms with Gasteiger partial charge in [-0.15, -0.1) is 0 Å². The molecule has 0 fully saturated rings. The summed E-state index contributed by atoms with van der Waals surface area (Å²) in [6, 6.07) is 6.89. The molecule has 2 aromatic rings. The van der Waals surface area contributed by atoms with E-state index in [4.69, 9.17) is 4.42 Å². The van der Waals surface area contributed by atoms with Crippen molar-refractivity contribution in [3.05, 3.63) is 24.3 Å². The number of rotatable bonds is 5. The molecule has 112 valence electrons. The van der Waals surface area contributed by atoms with E-state index in [0.29, 0.717) is 23.3 Å². The number of imide groups is 1. The van der Waals surface area contributed by atoms with Crippen LogP contribution in [0.3, 0.4) is 0 Å². The number of para-hydroxylation sites is 2. The number of carbonyl (C=O) groups is 2. The Morgan fingerprint density at radius 2 is 2.10 bits per heavy atom. The summed E-state index contributed by atoms with van der Waals surface area (Å²) in [6.07, 6.45) is 0. The van der Waals surface area contributed by atoms with Gasteiger partial charge >= 0.3 is 6.03 Å². The van der Waals surface area contributed by atoms with E-state index in [9.17, 15) is 9.59 Å². The van der Waals surface area contributed by atoms with Crippen LogP contribution in [0.4, 0.5) is 4.79 Å². The van der Waals surface area contributed by atoms with Gasteiger partial charge in [0, 0.05) is 6.54 Å². The Morgan fingerprint density at radius 3 is 2.81 bits per heavy atom. The minimum Gasteiger partial charge on any atom is -0.431 e. The van der Waals surface area contributed by atoms with Crippen molar-refractivity contribution in [1.29, 1.82) is 0 Å².